The maximum absolute atomic E-state index is 11.4. The van der Waals surface area contributed by atoms with Crippen molar-refractivity contribution >= 4 is 5.91 Å². The second-order valence-corrected chi connectivity index (χ2v) is 6.29. The van der Waals surface area contributed by atoms with E-state index in [0.29, 0.717) is 25.6 Å². The summed E-state index contributed by atoms with van der Waals surface area (Å²) in [6.45, 7) is 9.26. The van der Waals surface area contributed by atoms with E-state index in [0.717, 1.165) is 51.3 Å². The first-order chi connectivity index (χ1) is 12.8. The highest BCUT2D eigenvalue weighted by Crippen LogP contribution is 2.20. The average molecular weight is 365 g/mol. The Bertz CT molecular complexity index is 460. The molecule has 1 aromatic rings. The van der Waals surface area contributed by atoms with Gasteiger partial charge in [-0.05, 0) is 50.4 Å². The molecule has 5 heteroatoms. The Morgan fingerprint density at radius 1 is 1.12 bits per heavy atom. The first kappa shape index (κ1) is 22.5. The van der Waals surface area contributed by atoms with Gasteiger partial charge in [0.2, 0.25) is 5.91 Å². The van der Waals surface area contributed by atoms with Crippen LogP contribution in [0, 0.1) is 5.92 Å². The smallest absolute Gasteiger partial charge is 0.220 e. The van der Waals surface area contributed by atoms with E-state index >= 15 is 0 Å². The highest BCUT2D eigenvalue weighted by molar-refractivity contribution is 5.75. The molecule has 1 saturated heterocycles. The van der Waals surface area contributed by atoms with Crippen LogP contribution in [-0.2, 0) is 9.53 Å². The van der Waals surface area contributed by atoms with Crippen LogP contribution in [0.15, 0.2) is 30.3 Å². The molecule has 0 aliphatic carbocycles. The van der Waals surface area contributed by atoms with E-state index < -0.39 is 0 Å². The van der Waals surface area contributed by atoms with Crippen molar-refractivity contribution < 1.29 is 14.3 Å². The molecule has 1 N–H and O–H groups in total. The molecule has 0 bridgehead atoms. The van der Waals surface area contributed by atoms with Gasteiger partial charge in [-0.2, -0.15) is 0 Å². The zero-order valence-electron chi connectivity index (χ0n) is 16.7. The molecule has 2 rings (SSSR count). The van der Waals surface area contributed by atoms with Gasteiger partial charge in [0.15, 0.2) is 0 Å². The molecule has 1 aliphatic heterocycles. The summed E-state index contributed by atoms with van der Waals surface area (Å²) in [5.41, 5.74) is 0. The summed E-state index contributed by atoms with van der Waals surface area (Å²) in [5.74, 6) is 1.60. The largest absolute Gasteiger partial charge is 0.491 e. The van der Waals surface area contributed by atoms with Gasteiger partial charge in [0, 0.05) is 26.6 Å². The van der Waals surface area contributed by atoms with Crippen LogP contribution in [0.3, 0.4) is 0 Å². The Labute approximate surface area is 159 Å². The zero-order chi connectivity index (χ0) is 19.0. The quantitative estimate of drug-likeness (QED) is 0.647. The number of para-hydroxylation sites is 1. The number of benzene rings is 1. The number of nitrogens with one attached hydrogen (secondary N) is 1. The average Bonchev–Trinajstić information content (AvgIpc) is 2.70. The highest BCUT2D eigenvalue weighted by Gasteiger charge is 2.20. The summed E-state index contributed by atoms with van der Waals surface area (Å²) in [6, 6.07) is 9.81. The minimum atomic E-state index is 0.166. The van der Waals surface area contributed by atoms with Gasteiger partial charge in [-0.15, -0.1) is 0 Å². The van der Waals surface area contributed by atoms with Crippen molar-refractivity contribution in [2.45, 2.75) is 39.5 Å². The lowest BCUT2D eigenvalue weighted by atomic mass is 9.93. The Morgan fingerprint density at radius 2 is 1.81 bits per heavy atom. The van der Waals surface area contributed by atoms with Crippen molar-refractivity contribution in [3.8, 4) is 5.75 Å². The molecule has 0 radical (unpaired) electrons. The second kappa shape index (κ2) is 14.6. The number of hydrogen-bond donors (Lipinski definition) is 1. The van der Waals surface area contributed by atoms with Gasteiger partial charge < -0.3 is 19.7 Å². The van der Waals surface area contributed by atoms with Crippen molar-refractivity contribution in [2.75, 3.05) is 46.5 Å². The van der Waals surface area contributed by atoms with Gasteiger partial charge in [-0.1, -0.05) is 32.0 Å². The van der Waals surface area contributed by atoms with E-state index in [2.05, 4.69) is 10.2 Å². The molecule has 1 fully saturated rings. The van der Waals surface area contributed by atoms with Gasteiger partial charge in [0.1, 0.15) is 12.4 Å². The molecule has 1 heterocycles. The van der Waals surface area contributed by atoms with Gasteiger partial charge in [0.05, 0.1) is 6.61 Å². The number of ether oxygens (including phenoxy) is 2. The number of likely N-dealkylation sites (tertiary alicyclic amines) is 1. The SMILES string of the molecule is CC.CNC(=O)CC1CCN(CCCOCCOc2ccccc2)CC1. The Balaban J connectivity index is 0.00000163. The molecule has 0 saturated carbocycles. The predicted molar refractivity (Wildman–Crippen MR) is 107 cm³/mol. The van der Waals surface area contributed by atoms with Crippen molar-refractivity contribution in [2.24, 2.45) is 5.92 Å². The van der Waals surface area contributed by atoms with E-state index in [1.54, 1.807) is 7.05 Å². The Hall–Kier alpha value is -1.59. The number of amides is 1. The first-order valence-corrected chi connectivity index (χ1v) is 9.96. The maximum Gasteiger partial charge on any atom is 0.220 e. The van der Waals surface area contributed by atoms with Crippen molar-refractivity contribution in [3.05, 3.63) is 30.3 Å². The van der Waals surface area contributed by atoms with Gasteiger partial charge >= 0.3 is 0 Å². The van der Waals surface area contributed by atoms with Crippen molar-refractivity contribution in [1.29, 1.82) is 0 Å². The lowest BCUT2D eigenvalue weighted by Crippen LogP contribution is -2.36. The van der Waals surface area contributed by atoms with Gasteiger partial charge in [-0.3, -0.25) is 4.79 Å². The lowest BCUT2D eigenvalue weighted by molar-refractivity contribution is -0.121. The maximum atomic E-state index is 11.4. The molecule has 0 spiro atoms. The third-order valence-corrected chi connectivity index (χ3v) is 4.46. The number of rotatable bonds is 10. The fourth-order valence-electron chi connectivity index (χ4n) is 3.01. The number of carbonyl (C=O) groups is 1. The van der Waals surface area contributed by atoms with Gasteiger partial charge in [-0.25, -0.2) is 0 Å². The lowest BCUT2D eigenvalue weighted by Gasteiger charge is -2.31. The molecule has 0 unspecified atom stereocenters. The van der Waals surface area contributed by atoms with E-state index in [1.165, 1.54) is 0 Å². The Morgan fingerprint density at radius 3 is 2.46 bits per heavy atom. The minimum Gasteiger partial charge on any atom is -0.491 e. The summed E-state index contributed by atoms with van der Waals surface area (Å²) < 4.78 is 11.2. The molecular formula is C21H36N2O3. The van der Waals surface area contributed by atoms with Crippen LogP contribution < -0.4 is 10.1 Å². The summed E-state index contributed by atoms with van der Waals surface area (Å²) in [5, 5.41) is 2.71. The van der Waals surface area contributed by atoms with Crippen LogP contribution in [0.1, 0.15) is 39.5 Å². The normalized spacial score (nSPS) is 15.0. The Kier molecular flexibility index (Phi) is 12.6. The molecule has 5 nitrogen and oxygen atoms in total. The standard InChI is InChI=1S/C19H30N2O3.C2H6/c1-20-19(22)16-17-8-11-21(12-9-17)10-5-13-23-14-15-24-18-6-3-2-4-7-18;1-2/h2-4,6-7,17H,5,8-16H2,1H3,(H,20,22);1-2H3. The van der Waals surface area contributed by atoms with Crippen LogP contribution >= 0.6 is 0 Å². The van der Waals surface area contributed by atoms with E-state index in [9.17, 15) is 4.79 Å². The van der Waals surface area contributed by atoms with Crippen LogP contribution in [0.2, 0.25) is 0 Å². The minimum absolute atomic E-state index is 0.166. The van der Waals surface area contributed by atoms with Crippen LogP contribution in [-0.4, -0.2) is 57.3 Å². The molecule has 1 amide bonds. The van der Waals surface area contributed by atoms with Crippen molar-refractivity contribution in [1.82, 2.24) is 10.2 Å². The van der Waals surface area contributed by atoms with Crippen molar-refractivity contribution in [3.63, 3.8) is 0 Å². The van der Waals surface area contributed by atoms with E-state index in [-0.39, 0.29) is 5.91 Å². The summed E-state index contributed by atoms with van der Waals surface area (Å²) >= 11 is 0. The third-order valence-electron chi connectivity index (χ3n) is 4.46. The van der Waals surface area contributed by atoms with Crippen LogP contribution in [0.25, 0.3) is 0 Å². The predicted octanol–water partition coefficient (Wildman–Crippen LogP) is 3.35. The first-order valence-electron chi connectivity index (χ1n) is 9.96. The molecular weight excluding hydrogens is 328 g/mol. The number of nitrogens with zero attached hydrogens (tertiary/aromatic N) is 1. The number of carbonyl (C=O) groups excluding carboxylic acids is 1. The summed E-state index contributed by atoms with van der Waals surface area (Å²) in [4.78, 5) is 13.9. The number of piperidine rings is 1. The zero-order valence-corrected chi connectivity index (χ0v) is 16.7. The van der Waals surface area contributed by atoms with Crippen LogP contribution in [0.5, 0.6) is 5.75 Å². The molecule has 26 heavy (non-hydrogen) atoms. The highest BCUT2D eigenvalue weighted by atomic mass is 16.5. The molecule has 148 valence electrons. The topological polar surface area (TPSA) is 50.8 Å². The summed E-state index contributed by atoms with van der Waals surface area (Å²) in [6.07, 6.45) is 3.97. The third kappa shape index (κ3) is 9.78. The molecule has 0 aromatic heterocycles. The van der Waals surface area contributed by atoms with E-state index in [1.807, 2.05) is 44.2 Å². The summed E-state index contributed by atoms with van der Waals surface area (Å²) in [7, 11) is 1.71. The molecule has 1 aliphatic rings. The fraction of sp³-hybridized carbons (Fsp3) is 0.667. The van der Waals surface area contributed by atoms with Crippen LogP contribution in [0.4, 0.5) is 0 Å². The number of hydrogen-bond acceptors (Lipinski definition) is 4. The van der Waals surface area contributed by atoms with E-state index in [4.69, 9.17) is 9.47 Å². The monoisotopic (exact) mass is 364 g/mol. The molecule has 1 aromatic carbocycles. The fourth-order valence-corrected chi connectivity index (χ4v) is 3.01. The van der Waals surface area contributed by atoms with Gasteiger partial charge in [0.25, 0.3) is 0 Å². The molecule has 0 atom stereocenters. The second-order valence-electron chi connectivity index (χ2n) is 6.29.